The number of nitrogens with one attached hydrogen (secondary N) is 1. The van der Waals surface area contributed by atoms with Crippen molar-refractivity contribution in [2.75, 3.05) is 5.32 Å². The SMILES string of the molecule is CC[C@H]1C2C[C@H]3[C@@H]4Nc5ccccc5C45C[C@@H](C2[C@H]5O)N3[C@@H]1O.Cl.Cl. The van der Waals surface area contributed by atoms with Crippen molar-refractivity contribution >= 4 is 30.5 Å². The number of hydrogen-bond donors (Lipinski definition) is 3. The molecule has 5 heterocycles. The van der Waals surface area contributed by atoms with Gasteiger partial charge < -0.3 is 15.5 Å². The fourth-order valence-electron chi connectivity index (χ4n) is 7.40. The lowest BCUT2D eigenvalue weighted by molar-refractivity contribution is -0.210. The molecule has 5 fully saturated rings. The second-order valence-corrected chi connectivity index (χ2v) is 8.40. The Morgan fingerprint density at radius 3 is 2.72 bits per heavy atom. The summed E-state index contributed by atoms with van der Waals surface area (Å²) in [6, 6.07) is 9.50. The van der Waals surface area contributed by atoms with E-state index in [1.807, 2.05) is 0 Å². The van der Waals surface area contributed by atoms with Gasteiger partial charge in [0.25, 0.3) is 0 Å². The summed E-state index contributed by atoms with van der Waals surface area (Å²) >= 11 is 0. The smallest absolute Gasteiger partial charge is 0.111 e. The second kappa shape index (κ2) is 5.49. The maximum Gasteiger partial charge on any atom is 0.111 e. The van der Waals surface area contributed by atoms with E-state index in [4.69, 9.17) is 0 Å². The first-order valence-electron chi connectivity index (χ1n) is 9.18. The summed E-state index contributed by atoms with van der Waals surface area (Å²) in [5.74, 6) is 1.13. The lowest BCUT2D eigenvalue weighted by Gasteiger charge is -2.61. The zero-order valence-electron chi connectivity index (χ0n) is 14.2. The van der Waals surface area contributed by atoms with Crippen LogP contribution < -0.4 is 5.32 Å². The van der Waals surface area contributed by atoms with Gasteiger partial charge in [0.2, 0.25) is 0 Å². The van der Waals surface area contributed by atoms with E-state index in [-0.39, 0.29) is 48.6 Å². The number of para-hydroxylation sites is 1. The van der Waals surface area contributed by atoms with E-state index in [9.17, 15) is 10.2 Å². The van der Waals surface area contributed by atoms with E-state index in [1.54, 1.807) is 0 Å². The van der Waals surface area contributed by atoms with Crippen molar-refractivity contribution in [1.29, 1.82) is 0 Å². The number of aliphatic hydroxyl groups is 2. The topological polar surface area (TPSA) is 55.7 Å². The van der Waals surface area contributed by atoms with Gasteiger partial charge in [-0.15, -0.1) is 24.8 Å². The molecule has 1 aliphatic carbocycles. The predicted molar refractivity (Wildman–Crippen MR) is 101 cm³/mol. The third kappa shape index (κ3) is 1.71. The Kier molecular flexibility index (Phi) is 3.93. The number of anilines is 1. The van der Waals surface area contributed by atoms with Crippen LogP contribution in [0.3, 0.4) is 0 Å². The lowest BCUT2D eigenvalue weighted by atomic mass is 9.63. The lowest BCUT2D eigenvalue weighted by Crippen LogP contribution is -2.71. The highest BCUT2D eigenvalue weighted by Gasteiger charge is 2.75. The molecule has 5 aliphatic heterocycles. The molecule has 0 radical (unpaired) electrons. The Balaban J connectivity index is 0.000000784. The molecule has 1 aromatic rings. The Bertz CT molecular complexity index is 704. The summed E-state index contributed by atoms with van der Waals surface area (Å²) in [4.78, 5) is 2.39. The summed E-state index contributed by atoms with van der Waals surface area (Å²) < 4.78 is 0. The van der Waals surface area contributed by atoms with Crippen LogP contribution in [0.25, 0.3) is 0 Å². The summed E-state index contributed by atoms with van der Waals surface area (Å²) in [7, 11) is 0. The van der Waals surface area contributed by atoms with Crippen LogP contribution in [0.2, 0.25) is 0 Å². The van der Waals surface area contributed by atoms with Crippen molar-refractivity contribution in [3.63, 3.8) is 0 Å². The van der Waals surface area contributed by atoms with Gasteiger partial charge in [-0.3, -0.25) is 4.90 Å². The second-order valence-electron chi connectivity index (χ2n) is 8.40. The molecule has 138 valence electrons. The van der Waals surface area contributed by atoms with Crippen LogP contribution in [0.1, 0.15) is 31.7 Å². The summed E-state index contributed by atoms with van der Waals surface area (Å²) in [5, 5.41) is 26.1. The molecule has 3 N–H and O–H groups in total. The van der Waals surface area contributed by atoms with Crippen molar-refractivity contribution in [3.05, 3.63) is 29.8 Å². The Morgan fingerprint density at radius 1 is 1.20 bits per heavy atom. The van der Waals surface area contributed by atoms with E-state index in [2.05, 4.69) is 41.4 Å². The Labute approximate surface area is 160 Å². The zero-order chi connectivity index (χ0) is 15.5. The minimum absolute atomic E-state index is 0. The van der Waals surface area contributed by atoms with E-state index in [0.717, 1.165) is 19.3 Å². The number of fused-ring (bicyclic) bond motifs is 2. The number of rotatable bonds is 1. The molecule has 0 amide bonds. The molecule has 4 saturated heterocycles. The average molecular weight is 385 g/mol. The molecule has 7 rings (SSSR count). The maximum absolute atomic E-state index is 11.5. The number of halogens is 2. The van der Waals surface area contributed by atoms with Crippen molar-refractivity contribution in [2.24, 2.45) is 17.8 Å². The molecular formula is C19H26Cl2N2O2. The molecule has 25 heavy (non-hydrogen) atoms. The van der Waals surface area contributed by atoms with Gasteiger partial charge in [-0.05, 0) is 36.8 Å². The monoisotopic (exact) mass is 384 g/mol. The highest BCUT2D eigenvalue weighted by atomic mass is 35.5. The fourth-order valence-corrected chi connectivity index (χ4v) is 7.40. The number of nitrogens with zero attached hydrogens (tertiary/aromatic N) is 1. The van der Waals surface area contributed by atoms with Gasteiger partial charge in [0.1, 0.15) is 6.23 Å². The van der Waals surface area contributed by atoms with E-state index in [0.29, 0.717) is 29.8 Å². The summed E-state index contributed by atoms with van der Waals surface area (Å²) in [5.41, 5.74) is 2.38. The Hall–Kier alpha value is -0.520. The van der Waals surface area contributed by atoms with Gasteiger partial charge >= 0.3 is 0 Å². The largest absolute Gasteiger partial charge is 0.392 e. The van der Waals surface area contributed by atoms with Gasteiger partial charge in [0.15, 0.2) is 0 Å². The highest BCUT2D eigenvalue weighted by molar-refractivity contribution is 5.85. The van der Waals surface area contributed by atoms with Crippen molar-refractivity contribution in [2.45, 2.75) is 62.1 Å². The summed E-state index contributed by atoms with van der Waals surface area (Å²) in [6.45, 7) is 2.18. The third-order valence-electron chi connectivity index (χ3n) is 8.05. The predicted octanol–water partition coefficient (Wildman–Crippen LogP) is 2.37. The van der Waals surface area contributed by atoms with Crippen molar-refractivity contribution in [3.8, 4) is 0 Å². The van der Waals surface area contributed by atoms with Crippen LogP contribution in [-0.2, 0) is 5.41 Å². The molecule has 1 saturated carbocycles. The number of aliphatic hydroxyl groups excluding tert-OH is 2. The first-order valence-corrected chi connectivity index (χ1v) is 9.18. The zero-order valence-corrected chi connectivity index (χ0v) is 15.8. The fraction of sp³-hybridized carbons (Fsp3) is 0.684. The van der Waals surface area contributed by atoms with E-state index < -0.39 is 0 Å². The van der Waals surface area contributed by atoms with Crippen LogP contribution in [0, 0.1) is 17.8 Å². The van der Waals surface area contributed by atoms with Gasteiger partial charge in [-0.25, -0.2) is 0 Å². The molecule has 4 nitrogen and oxygen atoms in total. The van der Waals surface area contributed by atoms with Crippen molar-refractivity contribution in [1.82, 2.24) is 4.90 Å². The third-order valence-corrected chi connectivity index (χ3v) is 8.05. The molecule has 1 aromatic carbocycles. The molecular weight excluding hydrogens is 359 g/mol. The first kappa shape index (κ1) is 17.9. The quantitative estimate of drug-likeness (QED) is 0.695. The van der Waals surface area contributed by atoms with Crippen LogP contribution in [0.5, 0.6) is 0 Å². The molecule has 5 bridgehead atoms. The van der Waals surface area contributed by atoms with Gasteiger partial charge in [-0.1, -0.05) is 25.1 Å². The molecule has 10 atom stereocenters. The maximum atomic E-state index is 11.5. The molecule has 1 spiro atoms. The van der Waals surface area contributed by atoms with Crippen LogP contribution >= 0.6 is 24.8 Å². The highest BCUT2D eigenvalue weighted by Crippen LogP contribution is 2.67. The van der Waals surface area contributed by atoms with Crippen LogP contribution in [0.4, 0.5) is 5.69 Å². The minimum atomic E-state index is -0.321. The van der Waals surface area contributed by atoms with Crippen LogP contribution in [0.15, 0.2) is 24.3 Å². The standard InChI is InChI=1S/C19H24N2O2.2ClH/c1-2-9-10-7-13-16-19(11-5-3-4-6-12(11)20-16)8-14(15(10)17(19)22)21(13)18(9)23;;/h3-6,9-10,13-18,20,22-23H,2,7-8H2,1H3;2*1H/t9-,10?,13-,14-,15?,16-,17+,18+,19?;;/m0../s1. The number of piperidine rings is 4. The summed E-state index contributed by atoms with van der Waals surface area (Å²) in [6.07, 6.45) is 2.52. The normalized spacial score (nSPS) is 52.7. The van der Waals surface area contributed by atoms with Gasteiger partial charge in [-0.2, -0.15) is 0 Å². The number of benzene rings is 1. The van der Waals surface area contributed by atoms with E-state index >= 15 is 0 Å². The minimum Gasteiger partial charge on any atom is -0.392 e. The van der Waals surface area contributed by atoms with Crippen LogP contribution in [-0.4, -0.2) is 45.6 Å². The molecule has 0 aromatic heterocycles. The van der Waals surface area contributed by atoms with Gasteiger partial charge in [0, 0.05) is 35.0 Å². The average Bonchev–Trinajstić information content (AvgIpc) is 3.02. The van der Waals surface area contributed by atoms with Crippen molar-refractivity contribution < 1.29 is 10.2 Å². The first-order chi connectivity index (χ1) is 11.2. The number of hydrogen-bond acceptors (Lipinski definition) is 4. The Morgan fingerprint density at radius 2 is 1.96 bits per heavy atom. The van der Waals surface area contributed by atoms with Gasteiger partial charge in [0.05, 0.1) is 12.1 Å². The molecule has 6 heteroatoms. The van der Waals surface area contributed by atoms with E-state index in [1.165, 1.54) is 11.3 Å². The molecule has 6 aliphatic rings. The molecule has 4 unspecified atom stereocenters.